The predicted octanol–water partition coefficient (Wildman–Crippen LogP) is 0.995. The highest BCUT2D eigenvalue weighted by Crippen LogP contribution is 2.17. The zero-order chi connectivity index (χ0) is 9.84. The maximum absolute atomic E-state index is 11.5. The molecule has 1 aliphatic rings. The van der Waals surface area contributed by atoms with E-state index in [1.807, 2.05) is 20.9 Å². The second kappa shape index (κ2) is 4.61. The van der Waals surface area contributed by atoms with Crippen molar-refractivity contribution in [3.8, 4) is 0 Å². The van der Waals surface area contributed by atoms with Gasteiger partial charge in [-0.2, -0.15) is 0 Å². The van der Waals surface area contributed by atoms with Crippen molar-refractivity contribution in [2.75, 3.05) is 13.6 Å². The molecule has 0 saturated heterocycles. The van der Waals surface area contributed by atoms with E-state index in [0.717, 1.165) is 0 Å². The first kappa shape index (κ1) is 10.5. The van der Waals surface area contributed by atoms with Gasteiger partial charge in [0.25, 0.3) is 0 Å². The van der Waals surface area contributed by atoms with Crippen molar-refractivity contribution in [2.24, 2.45) is 0 Å². The number of likely N-dealkylation sites (N-methyl/N-ethyl adjacent to an activating group) is 1. The zero-order valence-electron chi connectivity index (χ0n) is 8.84. The molecule has 0 unspecified atom stereocenters. The van der Waals surface area contributed by atoms with Crippen molar-refractivity contribution in [1.82, 2.24) is 10.2 Å². The molecule has 0 heterocycles. The molecule has 13 heavy (non-hydrogen) atoms. The standard InChI is InChI=1S/C10H20N2O/c1-8(2)12(3)10(13)7-11-9-5-4-6-9/h8-9,11H,4-7H2,1-3H3. The average Bonchev–Trinajstić information content (AvgIpc) is 1.99. The van der Waals surface area contributed by atoms with Gasteiger partial charge < -0.3 is 10.2 Å². The largest absolute Gasteiger partial charge is 0.342 e. The van der Waals surface area contributed by atoms with Gasteiger partial charge in [0, 0.05) is 19.1 Å². The Morgan fingerprint density at radius 1 is 1.54 bits per heavy atom. The molecule has 3 heteroatoms. The lowest BCUT2D eigenvalue weighted by atomic mass is 9.93. The molecule has 0 aliphatic heterocycles. The Labute approximate surface area is 80.5 Å². The summed E-state index contributed by atoms with van der Waals surface area (Å²) in [7, 11) is 1.86. The van der Waals surface area contributed by atoms with Crippen LogP contribution < -0.4 is 5.32 Å². The zero-order valence-corrected chi connectivity index (χ0v) is 8.84. The molecule has 76 valence electrons. The number of rotatable bonds is 4. The predicted molar refractivity (Wildman–Crippen MR) is 53.5 cm³/mol. The van der Waals surface area contributed by atoms with Crippen LogP contribution in [0.4, 0.5) is 0 Å². The lowest BCUT2D eigenvalue weighted by Crippen LogP contribution is -2.44. The van der Waals surface area contributed by atoms with E-state index in [2.05, 4.69) is 5.32 Å². The monoisotopic (exact) mass is 184 g/mol. The van der Waals surface area contributed by atoms with Crippen LogP contribution in [0.15, 0.2) is 0 Å². The molecule has 1 saturated carbocycles. The minimum absolute atomic E-state index is 0.196. The molecule has 0 atom stereocenters. The molecule has 0 bridgehead atoms. The fraction of sp³-hybridized carbons (Fsp3) is 0.900. The van der Waals surface area contributed by atoms with Crippen LogP contribution in [0.5, 0.6) is 0 Å². The quantitative estimate of drug-likeness (QED) is 0.707. The summed E-state index contributed by atoms with van der Waals surface area (Å²) in [6, 6.07) is 0.903. The van der Waals surface area contributed by atoms with Crippen LogP contribution in [0.3, 0.4) is 0 Å². The molecular weight excluding hydrogens is 164 g/mol. The summed E-state index contributed by atoms with van der Waals surface area (Å²) in [5.41, 5.74) is 0. The van der Waals surface area contributed by atoms with Crippen molar-refractivity contribution < 1.29 is 4.79 Å². The normalized spacial score (nSPS) is 17.2. The van der Waals surface area contributed by atoms with Crippen LogP contribution in [-0.2, 0) is 4.79 Å². The van der Waals surface area contributed by atoms with Crippen LogP contribution in [-0.4, -0.2) is 36.5 Å². The van der Waals surface area contributed by atoms with Crippen molar-refractivity contribution in [3.63, 3.8) is 0 Å². The summed E-state index contributed by atoms with van der Waals surface area (Å²) in [4.78, 5) is 13.3. The molecular formula is C10H20N2O. The van der Waals surface area contributed by atoms with E-state index in [1.165, 1.54) is 19.3 Å². The summed E-state index contributed by atoms with van der Waals surface area (Å²) >= 11 is 0. The molecule has 0 aromatic carbocycles. The van der Waals surface area contributed by atoms with Gasteiger partial charge in [-0.1, -0.05) is 6.42 Å². The van der Waals surface area contributed by atoms with Gasteiger partial charge in [0.05, 0.1) is 6.54 Å². The second-order valence-electron chi connectivity index (χ2n) is 4.11. The third-order valence-corrected chi connectivity index (χ3v) is 2.82. The van der Waals surface area contributed by atoms with Gasteiger partial charge in [0.15, 0.2) is 0 Å². The van der Waals surface area contributed by atoms with E-state index in [-0.39, 0.29) is 5.91 Å². The molecule has 0 radical (unpaired) electrons. The van der Waals surface area contributed by atoms with E-state index in [1.54, 1.807) is 4.90 Å². The van der Waals surface area contributed by atoms with Gasteiger partial charge in [-0.15, -0.1) is 0 Å². The summed E-state index contributed by atoms with van der Waals surface area (Å²) in [5, 5.41) is 3.26. The minimum atomic E-state index is 0.196. The van der Waals surface area contributed by atoms with Gasteiger partial charge in [0.1, 0.15) is 0 Å². The molecule has 1 N–H and O–H groups in total. The van der Waals surface area contributed by atoms with Gasteiger partial charge in [0.2, 0.25) is 5.91 Å². The van der Waals surface area contributed by atoms with Gasteiger partial charge >= 0.3 is 0 Å². The molecule has 1 amide bonds. The van der Waals surface area contributed by atoms with Crippen LogP contribution in [0.2, 0.25) is 0 Å². The van der Waals surface area contributed by atoms with Gasteiger partial charge in [-0.05, 0) is 26.7 Å². The number of carbonyl (C=O) groups excluding carboxylic acids is 1. The Balaban J connectivity index is 2.16. The molecule has 0 aromatic heterocycles. The lowest BCUT2D eigenvalue weighted by molar-refractivity contribution is -0.130. The Bertz CT molecular complexity index is 176. The first-order chi connectivity index (χ1) is 6.11. The fourth-order valence-corrected chi connectivity index (χ4v) is 1.26. The maximum atomic E-state index is 11.5. The SMILES string of the molecule is CC(C)N(C)C(=O)CNC1CCC1. The molecule has 1 fully saturated rings. The van der Waals surface area contributed by atoms with Crippen molar-refractivity contribution in [3.05, 3.63) is 0 Å². The van der Waals surface area contributed by atoms with Crippen molar-refractivity contribution in [2.45, 2.75) is 45.2 Å². The van der Waals surface area contributed by atoms with Crippen LogP contribution in [0.25, 0.3) is 0 Å². The first-order valence-corrected chi connectivity index (χ1v) is 5.10. The second-order valence-corrected chi connectivity index (χ2v) is 4.11. The summed E-state index contributed by atoms with van der Waals surface area (Å²) in [6.45, 7) is 4.56. The molecule has 3 nitrogen and oxygen atoms in total. The van der Waals surface area contributed by atoms with E-state index in [9.17, 15) is 4.79 Å². The fourth-order valence-electron chi connectivity index (χ4n) is 1.26. The third-order valence-electron chi connectivity index (χ3n) is 2.82. The number of nitrogens with one attached hydrogen (secondary N) is 1. The number of amides is 1. The van der Waals surface area contributed by atoms with Crippen molar-refractivity contribution in [1.29, 1.82) is 0 Å². The summed E-state index contributed by atoms with van der Waals surface area (Å²) in [5.74, 6) is 0.196. The van der Waals surface area contributed by atoms with Crippen molar-refractivity contribution >= 4 is 5.91 Å². The first-order valence-electron chi connectivity index (χ1n) is 5.10. The van der Waals surface area contributed by atoms with Gasteiger partial charge in [-0.3, -0.25) is 4.79 Å². The van der Waals surface area contributed by atoms with E-state index < -0.39 is 0 Å². The van der Waals surface area contributed by atoms with E-state index >= 15 is 0 Å². The maximum Gasteiger partial charge on any atom is 0.236 e. The summed E-state index contributed by atoms with van der Waals surface area (Å²) < 4.78 is 0. The van der Waals surface area contributed by atoms with Gasteiger partial charge in [-0.25, -0.2) is 0 Å². The highest BCUT2D eigenvalue weighted by molar-refractivity contribution is 5.78. The smallest absolute Gasteiger partial charge is 0.236 e. The average molecular weight is 184 g/mol. The molecule has 0 aromatic rings. The number of hydrogen-bond donors (Lipinski definition) is 1. The lowest BCUT2D eigenvalue weighted by Gasteiger charge is -2.28. The highest BCUT2D eigenvalue weighted by atomic mass is 16.2. The Morgan fingerprint density at radius 2 is 2.15 bits per heavy atom. The summed E-state index contributed by atoms with van der Waals surface area (Å²) in [6.07, 6.45) is 3.78. The van der Waals surface area contributed by atoms with Crippen LogP contribution in [0, 0.1) is 0 Å². The van der Waals surface area contributed by atoms with Crippen LogP contribution in [0.1, 0.15) is 33.1 Å². The molecule has 0 spiro atoms. The highest BCUT2D eigenvalue weighted by Gasteiger charge is 2.19. The number of nitrogens with zero attached hydrogens (tertiary/aromatic N) is 1. The number of carbonyl (C=O) groups is 1. The molecule has 1 rings (SSSR count). The Kier molecular flexibility index (Phi) is 3.72. The van der Waals surface area contributed by atoms with E-state index in [4.69, 9.17) is 0 Å². The van der Waals surface area contributed by atoms with Crippen LogP contribution >= 0.6 is 0 Å². The minimum Gasteiger partial charge on any atom is -0.342 e. The topological polar surface area (TPSA) is 32.3 Å². The van der Waals surface area contributed by atoms with E-state index in [0.29, 0.717) is 18.6 Å². The number of hydrogen-bond acceptors (Lipinski definition) is 2. The third kappa shape index (κ3) is 2.99. The molecule has 1 aliphatic carbocycles. The Hall–Kier alpha value is -0.570. The Morgan fingerprint density at radius 3 is 2.54 bits per heavy atom.